The minimum atomic E-state index is -0.610. The third-order valence-corrected chi connectivity index (χ3v) is 8.13. The highest BCUT2D eigenvalue weighted by molar-refractivity contribution is 6.56. The molecule has 0 radical (unpaired) electrons. The van der Waals surface area contributed by atoms with E-state index in [1.165, 1.54) is 22.3 Å². The second-order valence-electron chi connectivity index (χ2n) is 11.2. The van der Waals surface area contributed by atoms with Crippen LogP contribution >= 0.6 is 0 Å². The van der Waals surface area contributed by atoms with Crippen molar-refractivity contribution in [3.05, 3.63) is 95.2 Å². The Kier molecular flexibility index (Phi) is 6.32. The number of nitrogens with one attached hydrogen (secondary N) is 2. The molecule has 1 aromatic heterocycles. The van der Waals surface area contributed by atoms with Crippen LogP contribution in [0.25, 0.3) is 28.2 Å². The minimum absolute atomic E-state index is 0.00222. The molecular weight excluding hydrogens is 489 g/mol. The van der Waals surface area contributed by atoms with Crippen LogP contribution in [0.3, 0.4) is 0 Å². The number of nitrogens with zero attached hydrogens (tertiary/aromatic N) is 1. The molecule has 8 heteroatoms. The van der Waals surface area contributed by atoms with Crippen LogP contribution in [0, 0.1) is 0 Å². The Hall–Kier alpha value is -3.88. The van der Waals surface area contributed by atoms with Gasteiger partial charge in [0.25, 0.3) is 0 Å². The number of imidazole rings is 1. The number of hydrogen-bond acceptors (Lipinski definition) is 5. The van der Waals surface area contributed by atoms with Gasteiger partial charge in [0.05, 0.1) is 28.6 Å². The Balaban J connectivity index is 1.18. The number of benzene rings is 3. The lowest BCUT2D eigenvalue weighted by Crippen LogP contribution is -2.41. The van der Waals surface area contributed by atoms with Gasteiger partial charge in [-0.2, -0.15) is 0 Å². The van der Waals surface area contributed by atoms with E-state index in [-0.39, 0.29) is 19.1 Å². The van der Waals surface area contributed by atoms with Gasteiger partial charge in [-0.05, 0) is 73.1 Å². The van der Waals surface area contributed by atoms with Crippen LogP contribution in [-0.2, 0) is 14.0 Å². The quantitative estimate of drug-likeness (QED) is 0.299. The molecule has 198 valence electrons. The zero-order valence-corrected chi connectivity index (χ0v) is 22.7. The molecule has 4 aromatic rings. The second kappa shape index (κ2) is 9.70. The summed E-state index contributed by atoms with van der Waals surface area (Å²) in [5.74, 6) is 0.00222. The lowest BCUT2D eigenvalue weighted by molar-refractivity contribution is 0.00578. The van der Waals surface area contributed by atoms with Crippen LogP contribution in [-0.4, -0.2) is 47.5 Å². The normalized spacial score (nSPS) is 17.7. The molecule has 3 aromatic carbocycles. The predicted molar refractivity (Wildman–Crippen MR) is 153 cm³/mol. The van der Waals surface area contributed by atoms with Crippen LogP contribution in [0.4, 0.5) is 4.79 Å². The van der Waals surface area contributed by atoms with Gasteiger partial charge in [-0.3, -0.25) is 0 Å². The van der Waals surface area contributed by atoms with Crippen molar-refractivity contribution in [3.63, 3.8) is 0 Å². The molecule has 2 N–H and O–H groups in total. The number of aromatic amines is 1. The smallest absolute Gasteiger partial charge is 0.449 e. The number of alkyl carbamates (subject to hydrolysis) is 1. The summed E-state index contributed by atoms with van der Waals surface area (Å²) in [4.78, 5) is 20.4. The van der Waals surface area contributed by atoms with Crippen molar-refractivity contribution < 1.29 is 18.8 Å². The van der Waals surface area contributed by atoms with E-state index in [4.69, 9.17) is 14.0 Å². The molecule has 1 aliphatic heterocycles. The molecule has 0 bridgehead atoms. The number of ether oxygens (including phenoxy) is 1. The van der Waals surface area contributed by atoms with Crippen LogP contribution in [0.2, 0.25) is 0 Å². The maximum Gasteiger partial charge on any atom is 0.492 e. The SMILES string of the molecule is CC1(C)OB(C(=Cc2ccc3nc[nH]c3c2)CNC(=O)OCC2c3ccccc3-c3ccccc32)OC1(C)C. The Labute approximate surface area is 228 Å². The van der Waals surface area contributed by atoms with Gasteiger partial charge >= 0.3 is 13.2 Å². The van der Waals surface area contributed by atoms with Gasteiger partial charge in [-0.1, -0.05) is 60.7 Å². The Morgan fingerprint density at radius 1 is 1.00 bits per heavy atom. The van der Waals surface area contributed by atoms with E-state index in [9.17, 15) is 4.79 Å². The summed E-state index contributed by atoms with van der Waals surface area (Å²) < 4.78 is 18.4. The Morgan fingerprint density at radius 3 is 2.31 bits per heavy atom. The van der Waals surface area contributed by atoms with Gasteiger partial charge in [-0.25, -0.2) is 9.78 Å². The fourth-order valence-corrected chi connectivity index (χ4v) is 5.28. The van der Waals surface area contributed by atoms with Gasteiger partial charge in [0.15, 0.2) is 0 Å². The molecule has 7 nitrogen and oxygen atoms in total. The van der Waals surface area contributed by atoms with Crippen LogP contribution in [0.1, 0.15) is 50.3 Å². The number of amides is 1. The molecule has 0 saturated carbocycles. The largest absolute Gasteiger partial charge is 0.492 e. The highest BCUT2D eigenvalue weighted by atomic mass is 16.7. The number of carbonyl (C=O) groups excluding carboxylic acids is 1. The molecule has 0 unspecified atom stereocenters. The third-order valence-electron chi connectivity index (χ3n) is 8.13. The van der Waals surface area contributed by atoms with Gasteiger partial charge in [0.2, 0.25) is 0 Å². The zero-order chi connectivity index (χ0) is 27.2. The molecule has 1 saturated heterocycles. The molecule has 0 atom stereocenters. The monoisotopic (exact) mass is 521 g/mol. The lowest BCUT2D eigenvalue weighted by atomic mass is 9.77. The van der Waals surface area contributed by atoms with Crippen LogP contribution < -0.4 is 5.32 Å². The van der Waals surface area contributed by atoms with Crippen molar-refractivity contribution in [2.75, 3.05) is 13.2 Å². The summed E-state index contributed by atoms with van der Waals surface area (Å²) in [5, 5.41) is 2.93. The summed E-state index contributed by atoms with van der Waals surface area (Å²) in [6, 6.07) is 22.6. The molecule has 39 heavy (non-hydrogen) atoms. The maximum atomic E-state index is 12.9. The summed E-state index contributed by atoms with van der Waals surface area (Å²) in [6.45, 7) is 8.53. The van der Waals surface area contributed by atoms with Crippen molar-refractivity contribution in [1.82, 2.24) is 15.3 Å². The molecule has 1 amide bonds. The first-order valence-corrected chi connectivity index (χ1v) is 13.3. The Morgan fingerprint density at radius 2 is 1.64 bits per heavy atom. The second-order valence-corrected chi connectivity index (χ2v) is 11.2. The van der Waals surface area contributed by atoms with Crippen molar-refractivity contribution >= 4 is 30.3 Å². The van der Waals surface area contributed by atoms with E-state index in [1.807, 2.05) is 76.2 Å². The standard InChI is InChI=1S/C31H32BN3O4/c1-30(2)31(3,4)39-32(38-30)21(15-20-13-14-27-28(16-20)35-19-34-27)17-33-29(36)37-18-26-24-11-7-5-9-22(24)23-10-6-8-12-25(23)26/h5-16,19,26H,17-18H2,1-4H3,(H,33,36)(H,34,35). The molecule has 6 rings (SSSR count). The minimum Gasteiger partial charge on any atom is -0.449 e. The first-order valence-electron chi connectivity index (χ1n) is 13.3. The van der Waals surface area contributed by atoms with E-state index in [0.717, 1.165) is 22.1 Å². The first-order chi connectivity index (χ1) is 18.7. The van der Waals surface area contributed by atoms with Crippen LogP contribution in [0.5, 0.6) is 0 Å². The number of rotatable bonds is 6. The van der Waals surface area contributed by atoms with Gasteiger partial charge in [-0.15, -0.1) is 0 Å². The number of fused-ring (bicyclic) bond motifs is 4. The molecule has 0 spiro atoms. The van der Waals surface area contributed by atoms with E-state index >= 15 is 0 Å². The van der Waals surface area contributed by atoms with Crippen molar-refractivity contribution in [2.24, 2.45) is 0 Å². The van der Waals surface area contributed by atoms with E-state index < -0.39 is 24.4 Å². The fraction of sp³-hybridized carbons (Fsp3) is 0.290. The average Bonchev–Trinajstić information content (AvgIpc) is 3.57. The van der Waals surface area contributed by atoms with Gasteiger partial charge in [0, 0.05) is 12.5 Å². The Bertz CT molecular complexity index is 1510. The zero-order valence-electron chi connectivity index (χ0n) is 22.7. The van der Waals surface area contributed by atoms with Crippen molar-refractivity contribution in [1.29, 1.82) is 0 Å². The summed E-state index contributed by atoms with van der Waals surface area (Å²) in [5.41, 5.74) is 7.30. The maximum absolute atomic E-state index is 12.9. The predicted octanol–water partition coefficient (Wildman–Crippen LogP) is 6.12. The topological polar surface area (TPSA) is 85.5 Å². The highest BCUT2D eigenvalue weighted by Gasteiger charge is 2.52. The van der Waals surface area contributed by atoms with Crippen molar-refractivity contribution in [2.45, 2.75) is 44.8 Å². The number of H-pyrrole nitrogens is 1. The lowest BCUT2D eigenvalue weighted by Gasteiger charge is -2.32. The molecular formula is C31H32BN3O4. The summed E-state index contributed by atoms with van der Waals surface area (Å²) in [6.07, 6.45) is 3.18. The average molecular weight is 521 g/mol. The van der Waals surface area contributed by atoms with Crippen LogP contribution in [0.15, 0.2) is 78.5 Å². The third kappa shape index (κ3) is 4.75. The van der Waals surface area contributed by atoms with E-state index in [1.54, 1.807) is 6.33 Å². The van der Waals surface area contributed by atoms with E-state index in [0.29, 0.717) is 0 Å². The first kappa shape index (κ1) is 25.4. The molecule has 2 aliphatic rings. The number of carbonyl (C=O) groups is 1. The number of aromatic nitrogens is 2. The van der Waals surface area contributed by atoms with E-state index in [2.05, 4.69) is 39.6 Å². The van der Waals surface area contributed by atoms with Crippen molar-refractivity contribution in [3.8, 4) is 11.1 Å². The highest BCUT2D eigenvalue weighted by Crippen LogP contribution is 2.44. The summed E-state index contributed by atoms with van der Waals surface area (Å²) in [7, 11) is -0.610. The molecule has 1 fully saturated rings. The number of hydrogen-bond donors (Lipinski definition) is 2. The van der Waals surface area contributed by atoms with Gasteiger partial charge in [0.1, 0.15) is 6.61 Å². The fourth-order valence-electron chi connectivity index (χ4n) is 5.28. The molecule has 2 heterocycles. The summed E-state index contributed by atoms with van der Waals surface area (Å²) >= 11 is 0. The van der Waals surface area contributed by atoms with Gasteiger partial charge < -0.3 is 24.3 Å². The molecule has 1 aliphatic carbocycles.